The van der Waals surface area contributed by atoms with E-state index in [1.54, 1.807) is 51.1 Å². The highest BCUT2D eigenvalue weighted by Crippen LogP contribution is 2.36. The number of hydrogen-bond acceptors (Lipinski definition) is 9. The van der Waals surface area contributed by atoms with Crippen molar-refractivity contribution in [2.24, 2.45) is 10.8 Å². The molecule has 0 unspecified atom stereocenters. The summed E-state index contributed by atoms with van der Waals surface area (Å²) in [6.07, 6.45) is 1.27. The Morgan fingerprint density at radius 3 is 2.34 bits per heavy atom. The van der Waals surface area contributed by atoms with E-state index in [0.29, 0.717) is 57.4 Å². The molecule has 5 amide bonds. The van der Waals surface area contributed by atoms with Gasteiger partial charge in [0.25, 0.3) is 0 Å². The Balaban J connectivity index is 1.61. The lowest BCUT2D eigenvalue weighted by Crippen LogP contribution is -2.60. The third kappa shape index (κ3) is 10.0. The molecule has 286 valence electrons. The normalized spacial score (nSPS) is 15.7. The number of ether oxygens (including phenoxy) is 1. The maximum absolute atomic E-state index is 14.3. The number of hydrogen-bond donors (Lipinski definition) is 5. The van der Waals surface area contributed by atoms with E-state index in [1.165, 1.54) is 32.3 Å². The summed E-state index contributed by atoms with van der Waals surface area (Å²) in [4.78, 5) is 76.6. The summed E-state index contributed by atoms with van der Waals surface area (Å²) in [6, 6.07) is 5.33. The third-order valence-corrected chi connectivity index (χ3v) is 9.20. The van der Waals surface area contributed by atoms with E-state index < -0.39 is 47.4 Å². The van der Waals surface area contributed by atoms with Gasteiger partial charge in [-0.3, -0.25) is 24.1 Å². The van der Waals surface area contributed by atoms with Gasteiger partial charge in [-0.1, -0.05) is 53.1 Å². The van der Waals surface area contributed by atoms with Crippen molar-refractivity contribution < 1.29 is 33.8 Å². The first-order chi connectivity index (χ1) is 24.7. The van der Waals surface area contributed by atoms with Gasteiger partial charge in [0.1, 0.15) is 36.0 Å². The molecule has 4 rings (SSSR count). The van der Waals surface area contributed by atoms with Gasteiger partial charge in [0.2, 0.25) is 23.6 Å². The molecule has 0 bridgehead atoms. The summed E-state index contributed by atoms with van der Waals surface area (Å²) in [5.74, 6) is -1.04. The predicted octanol–water partition coefficient (Wildman–Crippen LogP) is 5.87. The van der Waals surface area contributed by atoms with Crippen LogP contribution in [0.15, 0.2) is 36.7 Å². The molecule has 0 aliphatic carbocycles. The number of amides is 5. The van der Waals surface area contributed by atoms with Crippen LogP contribution in [-0.4, -0.2) is 93.4 Å². The number of nitrogens with one attached hydrogen (secondary N) is 4. The molecular formula is C37H49ClN8O7. The van der Waals surface area contributed by atoms with E-state index in [2.05, 4.69) is 31.2 Å². The monoisotopic (exact) mass is 752 g/mol. The molecular weight excluding hydrogens is 704 g/mol. The lowest BCUT2D eigenvalue weighted by atomic mass is 9.84. The zero-order chi connectivity index (χ0) is 39.4. The number of halogens is 1. The van der Waals surface area contributed by atoms with E-state index >= 15 is 0 Å². The second-order valence-corrected chi connectivity index (χ2v) is 15.9. The first-order valence-electron chi connectivity index (χ1n) is 17.2. The number of methoxy groups -OCH3 is 1. The number of anilines is 4. The molecule has 2 heterocycles. The van der Waals surface area contributed by atoms with Crippen LogP contribution in [0.3, 0.4) is 0 Å². The Morgan fingerprint density at radius 2 is 1.74 bits per heavy atom. The minimum Gasteiger partial charge on any atom is -0.494 e. The molecule has 16 heteroatoms. The molecule has 5 N–H and O–H groups in total. The Kier molecular flexibility index (Phi) is 12.4. The number of likely N-dealkylation sites (N-methyl/N-ethyl adjacent to an activating group) is 1. The highest BCUT2D eigenvalue weighted by Gasteiger charge is 2.43. The van der Waals surface area contributed by atoms with Crippen LogP contribution in [0.5, 0.6) is 5.75 Å². The first-order valence-corrected chi connectivity index (χ1v) is 17.6. The SMILES string of the molecule is COc1cc2ncnc(Nc3cc(NC(C)=O)ccc3Cl)c2cc1NC(=O)[C@@H]1CCCN1C(=O)[C@@H](NC(=O)[C@H](CC(C)(C)C)N(C)C(=O)O)C(C)(C)C. The molecule has 2 aromatic carbocycles. The number of rotatable bonds is 11. The molecule has 1 fully saturated rings. The van der Waals surface area contributed by atoms with Gasteiger partial charge in [-0.2, -0.15) is 0 Å². The van der Waals surface area contributed by atoms with Crippen molar-refractivity contribution in [2.45, 2.75) is 85.9 Å². The van der Waals surface area contributed by atoms with Crippen LogP contribution in [0.2, 0.25) is 5.02 Å². The number of aromatic nitrogens is 2. The Bertz CT molecular complexity index is 1890. The van der Waals surface area contributed by atoms with E-state index in [0.717, 1.165) is 4.90 Å². The van der Waals surface area contributed by atoms with Crippen LogP contribution < -0.4 is 26.0 Å². The minimum absolute atomic E-state index is 0.230. The number of carboxylic acid groups (broad SMARTS) is 1. The topological polar surface area (TPSA) is 195 Å². The second kappa shape index (κ2) is 16.2. The second-order valence-electron chi connectivity index (χ2n) is 15.5. The van der Waals surface area contributed by atoms with Gasteiger partial charge in [0.05, 0.1) is 29.0 Å². The van der Waals surface area contributed by atoms with Crippen molar-refractivity contribution in [1.82, 2.24) is 25.1 Å². The fraction of sp³-hybridized carbons (Fsp3) is 0.486. The smallest absolute Gasteiger partial charge is 0.407 e. The summed E-state index contributed by atoms with van der Waals surface area (Å²) in [5.41, 5.74) is 0.649. The third-order valence-electron chi connectivity index (χ3n) is 8.87. The molecule has 1 aromatic heterocycles. The summed E-state index contributed by atoms with van der Waals surface area (Å²) in [5, 5.41) is 22.3. The fourth-order valence-electron chi connectivity index (χ4n) is 6.17. The van der Waals surface area contributed by atoms with Crippen molar-refractivity contribution >= 4 is 75.1 Å². The van der Waals surface area contributed by atoms with Crippen LogP contribution in [-0.2, 0) is 19.2 Å². The van der Waals surface area contributed by atoms with Crippen molar-refractivity contribution in [3.8, 4) is 5.75 Å². The van der Waals surface area contributed by atoms with E-state index in [4.69, 9.17) is 16.3 Å². The van der Waals surface area contributed by atoms with Gasteiger partial charge < -0.3 is 36.0 Å². The lowest BCUT2D eigenvalue weighted by Gasteiger charge is -2.37. The Labute approximate surface area is 314 Å². The molecule has 53 heavy (non-hydrogen) atoms. The number of nitrogens with zero attached hydrogens (tertiary/aromatic N) is 4. The molecule has 15 nitrogen and oxygen atoms in total. The Morgan fingerprint density at radius 1 is 1.04 bits per heavy atom. The quantitative estimate of drug-likeness (QED) is 0.158. The molecule has 0 radical (unpaired) electrons. The Hall–Kier alpha value is -5.18. The maximum Gasteiger partial charge on any atom is 0.407 e. The van der Waals surface area contributed by atoms with Crippen LogP contribution in [0, 0.1) is 10.8 Å². The summed E-state index contributed by atoms with van der Waals surface area (Å²) >= 11 is 6.46. The van der Waals surface area contributed by atoms with Crippen LogP contribution in [0.1, 0.15) is 67.7 Å². The number of benzene rings is 2. The van der Waals surface area contributed by atoms with Crippen molar-refractivity contribution in [2.75, 3.05) is 36.7 Å². The van der Waals surface area contributed by atoms with Gasteiger partial charge in [-0.15, -0.1) is 0 Å². The average Bonchev–Trinajstić information content (AvgIpc) is 3.56. The van der Waals surface area contributed by atoms with E-state index in [9.17, 15) is 29.1 Å². The fourth-order valence-corrected chi connectivity index (χ4v) is 6.34. The first kappa shape index (κ1) is 40.6. The van der Waals surface area contributed by atoms with Gasteiger partial charge in [-0.25, -0.2) is 14.8 Å². The predicted molar refractivity (Wildman–Crippen MR) is 204 cm³/mol. The van der Waals surface area contributed by atoms with Gasteiger partial charge >= 0.3 is 6.09 Å². The molecule has 0 saturated carbocycles. The van der Waals surface area contributed by atoms with Crippen LogP contribution in [0.4, 0.5) is 27.7 Å². The average molecular weight is 753 g/mol. The molecule has 1 aliphatic rings. The molecule has 3 atom stereocenters. The van der Waals surface area contributed by atoms with Crippen molar-refractivity contribution in [1.29, 1.82) is 0 Å². The lowest BCUT2D eigenvalue weighted by molar-refractivity contribution is -0.143. The largest absolute Gasteiger partial charge is 0.494 e. The highest BCUT2D eigenvalue weighted by atomic mass is 35.5. The van der Waals surface area contributed by atoms with Gasteiger partial charge in [-0.05, 0) is 54.4 Å². The zero-order valence-electron chi connectivity index (χ0n) is 31.6. The number of likely N-dealkylation sites (tertiary alicyclic amines) is 1. The minimum atomic E-state index is -1.26. The molecule has 3 aromatic rings. The van der Waals surface area contributed by atoms with Crippen molar-refractivity contribution in [3.05, 3.63) is 41.7 Å². The van der Waals surface area contributed by atoms with Gasteiger partial charge in [0, 0.05) is 37.7 Å². The van der Waals surface area contributed by atoms with Crippen molar-refractivity contribution in [3.63, 3.8) is 0 Å². The highest BCUT2D eigenvalue weighted by molar-refractivity contribution is 6.33. The molecule has 1 aliphatic heterocycles. The number of carbonyl (C=O) groups excluding carboxylic acids is 4. The standard InChI is InChI=1S/C37H49ClN8O7/c1-20(47)41-21-12-13-23(38)25(15-21)42-31-22-16-26(29(53-9)17-24(22)39-19-40-31)43-32(48)27-11-10-14-46(27)34(50)30(37(5,6)7)44-33(49)28(18-36(2,3)4)45(8)35(51)52/h12-13,15-17,19,27-28,30H,10-11,14,18H2,1-9H3,(H,41,47)(H,43,48)(H,44,49)(H,51,52)(H,39,40,42)/t27-,28-,30+/m0/s1. The molecule has 0 spiro atoms. The summed E-state index contributed by atoms with van der Waals surface area (Å²) < 4.78 is 5.61. The maximum atomic E-state index is 14.3. The summed E-state index contributed by atoms with van der Waals surface area (Å²) in [6.45, 7) is 12.8. The van der Waals surface area contributed by atoms with Gasteiger partial charge in [0.15, 0.2) is 0 Å². The van der Waals surface area contributed by atoms with Crippen LogP contribution in [0.25, 0.3) is 10.9 Å². The summed E-state index contributed by atoms with van der Waals surface area (Å²) in [7, 11) is 2.79. The van der Waals surface area contributed by atoms with E-state index in [-0.39, 0.29) is 24.3 Å². The molecule has 1 saturated heterocycles. The zero-order valence-corrected chi connectivity index (χ0v) is 32.3. The van der Waals surface area contributed by atoms with E-state index in [1.807, 2.05) is 20.8 Å². The number of carbonyl (C=O) groups is 5. The van der Waals surface area contributed by atoms with Crippen LogP contribution >= 0.6 is 11.6 Å². The number of fused-ring (bicyclic) bond motifs is 1.